The zero-order chi connectivity index (χ0) is 7.19. The third-order valence-electron chi connectivity index (χ3n) is 2.29. The second-order valence-corrected chi connectivity index (χ2v) is 3.04. The van der Waals surface area contributed by atoms with Gasteiger partial charge in [0, 0.05) is 5.56 Å². The molecule has 2 atom stereocenters. The Bertz CT molecular complexity index is 227. The summed E-state index contributed by atoms with van der Waals surface area (Å²) in [5.74, 6) is 0.394. The van der Waals surface area contributed by atoms with Crippen LogP contribution in [0.5, 0.6) is 0 Å². The monoisotopic (exact) mass is 138 g/mol. The highest BCUT2D eigenvalue weighted by Crippen LogP contribution is 2.51. The summed E-state index contributed by atoms with van der Waals surface area (Å²) in [7, 11) is 0. The number of hydrogen-bond acceptors (Lipinski definition) is 2. The molecule has 1 saturated carbocycles. The number of aliphatic hydroxyl groups is 1. The molecule has 1 aromatic heterocycles. The van der Waals surface area contributed by atoms with Crippen LogP contribution in [0, 0.1) is 5.92 Å². The van der Waals surface area contributed by atoms with Gasteiger partial charge in [0.2, 0.25) is 0 Å². The Morgan fingerprint density at radius 3 is 2.90 bits per heavy atom. The highest BCUT2D eigenvalue weighted by atomic mass is 16.3. The average molecular weight is 138 g/mol. The predicted octanol–water partition coefficient (Wildman–Crippen LogP) is 1.51. The molecule has 0 radical (unpaired) electrons. The van der Waals surface area contributed by atoms with Crippen LogP contribution in [0.2, 0.25) is 0 Å². The lowest BCUT2D eigenvalue weighted by atomic mass is 10.1. The molecule has 0 bridgehead atoms. The Kier molecular flexibility index (Phi) is 0.980. The second-order valence-electron chi connectivity index (χ2n) is 3.04. The van der Waals surface area contributed by atoms with Crippen LogP contribution in [0.3, 0.4) is 0 Å². The number of rotatable bonds is 1. The summed E-state index contributed by atoms with van der Waals surface area (Å²) in [6.07, 6.45) is 4.08. The van der Waals surface area contributed by atoms with Gasteiger partial charge in [0.25, 0.3) is 0 Å². The van der Waals surface area contributed by atoms with Crippen LogP contribution in [-0.2, 0) is 5.60 Å². The topological polar surface area (TPSA) is 33.4 Å². The van der Waals surface area contributed by atoms with E-state index in [1.165, 1.54) is 0 Å². The Balaban J connectivity index is 2.30. The van der Waals surface area contributed by atoms with Crippen molar-refractivity contribution in [3.05, 3.63) is 24.2 Å². The van der Waals surface area contributed by atoms with E-state index >= 15 is 0 Å². The predicted molar refractivity (Wildman–Crippen MR) is 36.4 cm³/mol. The summed E-state index contributed by atoms with van der Waals surface area (Å²) in [5, 5.41) is 9.70. The van der Waals surface area contributed by atoms with Crippen molar-refractivity contribution in [2.45, 2.75) is 18.9 Å². The first-order valence-electron chi connectivity index (χ1n) is 3.48. The van der Waals surface area contributed by atoms with Crippen molar-refractivity contribution in [1.29, 1.82) is 0 Å². The van der Waals surface area contributed by atoms with E-state index in [0.717, 1.165) is 12.0 Å². The Morgan fingerprint density at radius 2 is 2.50 bits per heavy atom. The molecule has 0 aliphatic heterocycles. The van der Waals surface area contributed by atoms with Crippen LogP contribution in [0.25, 0.3) is 0 Å². The fraction of sp³-hybridized carbons (Fsp3) is 0.500. The minimum atomic E-state index is -0.562. The molecule has 54 valence electrons. The van der Waals surface area contributed by atoms with Gasteiger partial charge in [-0.2, -0.15) is 0 Å². The van der Waals surface area contributed by atoms with Gasteiger partial charge in [-0.3, -0.25) is 0 Å². The highest BCUT2D eigenvalue weighted by Gasteiger charge is 2.51. The maximum absolute atomic E-state index is 9.70. The summed E-state index contributed by atoms with van der Waals surface area (Å²) >= 11 is 0. The molecule has 10 heavy (non-hydrogen) atoms. The van der Waals surface area contributed by atoms with Crippen molar-refractivity contribution >= 4 is 0 Å². The van der Waals surface area contributed by atoms with Gasteiger partial charge in [-0.1, -0.05) is 6.92 Å². The lowest BCUT2D eigenvalue weighted by Crippen LogP contribution is -2.04. The van der Waals surface area contributed by atoms with E-state index in [-0.39, 0.29) is 0 Å². The summed E-state index contributed by atoms with van der Waals surface area (Å²) in [5.41, 5.74) is 0.354. The lowest BCUT2D eigenvalue weighted by Gasteiger charge is -2.02. The van der Waals surface area contributed by atoms with Crippen LogP contribution in [0.15, 0.2) is 23.0 Å². The first-order valence-corrected chi connectivity index (χ1v) is 3.48. The summed E-state index contributed by atoms with van der Waals surface area (Å²) in [6.45, 7) is 2.03. The average Bonchev–Trinajstić information content (AvgIpc) is 2.35. The molecule has 2 heteroatoms. The zero-order valence-corrected chi connectivity index (χ0v) is 5.87. The van der Waals surface area contributed by atoms with E-state index in [1.807, 2.05) is 13.0 Å². The minimum Gasteiger partial charge on any atom is -0.472 e. The molecular weight excluding hydrogens is 128 g/mol. The molecule has 2 unspecified atom stereocenters. The molecule has 0 amide bonds. The number of furan rings is 1. The summed E-state index contributed by atoms with van der Waals surface area (Å²) in [4.78, 5) is 0. The summed E-state index contributed by atoms with van der Waals surface area (Å²) < 4.78 is 4.87. The molecular formula is C8H10O2. The van der Waals surface area contributed by atoms with Crippen molar-refractivity contribution < 1.29 is 9.52 Å². The standard InChI is InChI=1S/C8H10O2/c1-6-4-8(6,9)7-2-3-10-5-7/h2-3,5-6,9H,4H2,1H3. The summed E-state index contributed by atoms with van der Waals surface area (Å²) in [6, 6.07) is 1.82. The van der Waals surface area contributed by atoms with Crippen LogP contribution in [-0.4, -0.2) is 5.11 Å². The fourth-order valence-corrected chi connectivity index (χ4v) is 1.32. The highest BCUT2D eigenvalue weighted by molar-refractivity contribution is 5.24. The molecule has 1 aromatic rings. The van der Waals surface area contributed by atoms with Gasteiger partial charge in [0.1, 0.15) is 0 Å². The van der Waals surface area contributed by atoms with Gasteiger partial charge in [0.15, 0.2) is 0 Å². The lowest BCUT2D eigenvalue weighted by molar-refractivity contribution is 0.134. The first-order chi connectivity index (χ1) is 4.73. The molecule has 1 fully saturated rings. The molecule has 1 N–H and O–H groups in total. The molecule has 2 rings (SSSR count). The molecule has 1 aliphatic rings. The molecule has 0 aromatic carbocycles. The maximum Gasteiger partial charge on any atom is 0.0963 e. The third-order valence-corrected chi connectivity index (χ3v) is 2.29. The van der Waals surface area contributed by atoms with Gasteiger partial charge < -0.3 is 9.52 Å². The maximum atomic E-state index is 9.70. The molecule has 1 aliphatic carbocycles. The molecule has 1 heterocycles. The van der Waals surface area contributed by atoms with E-state index in [4.69, 9.17) is 4.42 Å². The van der Waals surface area contributed by atoms with E-state index in [1.54, 1.807) is 12.5 Å². The Labute approximate surface area is 59.5 Å². The van der Waals surface area contributed by atoms with Crippen molar-refractivity contribution in [3.8, 4) is 0 Å². The van der Waals surface area contributed by atoms with Gasteiger partial charge >= 0.3 is 0 Å². The van der Waals surface area contributed by atoms with Crippen LogP contribution >= 0.6 is 0 Å². The van der Waals surface area contributed by atoms with E-state index in [9.17, 15) is 5.11 Å². The van der Waals surface area contributed by atoms with Gasteiger partial charge in [-0.05, 0) is 18.4 Å². The SMILES string of the molecule is CC1CC1(O)c1ccoc1. The largest absolute Gasteiger partial charge is 0.472 e. The fourth-order valence-electron chi connectivity index (χ4n) is 1.32. The van der Waals surface area contributed by atoms with Crippen LogP contribution < -0.4 is 0 Å². The van der Waals surface area contributed by atoms with Gasteiger partial charge in [-0.15, -0.1) is 0 Å². The zero-order valence-electron chi connectivity index (χ0n) is 5.87. The third kappa shape index (κ3) is 0.625. The quantitative estimate of drug-likeness (QED) is 0.638. The molecule has 0 spiro atoms. The second kappa shape index (κ2) is 1.64. The normalized spacial score (nSPS) is 38.0. The van der Waals surface area contributed by atoms with Crippen molar-refractivity contribution in [2.24, 2.45) is 5.92 Å². The van der Waals surface area contributed by atoms with E-state index in [2.05, 4.69) is 0 Å². The smallest absolute Gasteiger partial charge is 0.0963 e. The van der Waals surface area contributed by atoms with Gasteiger partial charge in [0.05, 0.1) is 18.1 Å². The molecule has 0 saturated heterocycles. The number of hydrogen-bond donors (Lipinski definition) is 1. The van der Waals surface area contributed by atoms with Crippen molar-refractivity contribution in [2.75, 3.05) is 0 Å². The molecule has 2 nitrogen and oxygen atoms in total. The van der Waals surface area contributed by atoms with E-state index < -0.39 is 5.60 Å². The Morgan fingerprint density at radius 1 is 1.80 bits per heavy atom. The first kappa shape index (κ1) is 5.98. The van der Waals surface area contributed by atoms with Crippen molar-refractivity contribution in [3.63, 3.8) is 0 Å². The minimum absolute atomic E-state index is 0.394. The van der Waals surface area contributed by atoms with Crippen LogP contribution in [0.1, 0.15) is 18.9 Å². The Hall–Kier alpha value is -0.760. The van der Waals surface area contributed by atoms with Crippen molar-refractivity contribution in [1.82, 2.24) is 0 Å². The van der Waals surface area contributed by atoms with Crippen LogP contribution in [0.4, 0.5) is 0 Å². The van der Waals surface area contributed by atoms with E-state index in [0.29, 0.717) is 5.92 Å². The van der Waals surface area contributed by atoms with Gasteiger partial charge in [-0.25, -0.2) is 0 Å².